The maximum Gasteiger partial charge on any atom is 0.321 e. The van der Waals surface area contributed by atoms with Gasteiger partial charge in [0.25, 0.3) is 0 Å². The molecular formula is C13H16N2O4S. The fraction of sp³-hybridized carbons (Fsp3) is 0.385. The highest BCUT2D eigenvalue weighted by Gasteiger charge is 2.15. The minimum atomic E-state index is -3.77. The van der Waals surface area contributed by atoms with Gasteiger partial charge in [-0.15, -0.1) is 0 Å². The lowest BCUT2D eigenvalue weighted by Gasteiger charge is -2.07. The van der Waals surface area contributed by atoms with Crippen LogP contribution >= 0.6 is 0 Å². The molecule has 0 radical (unpaired) electrons. The Kier molecular flexibility index (Phi) is 6.15. The molecule has 0 aromatic heterocycles. The third-order valence-electron chi connectivity index (χ3n) is 2.46. The monoisotopic (exact) mass is 296 g/mol. The smallest absolute Gasteiger partial charge is 0.321 e. The number of hydrogen-bond acceptors (Lipinski definition) is 5. The van der Waals surface area contributed by atoms with Crippen LogP contribution in [0.2, 0.25) is 0 Å². The van der Waals surface area contributed by atoms with E-state index in [1.165, 1.54) is 24.3 Å². The molecule has 7 heteroatoms. The van der Waals surface area contributed by atoms with Gasteiger partial charge in [-0.2, -0.15) is 9.98 Å². The minimum absolute atomic E-state index is 0.00198. The van der Waals surface area contributed by atoms with Crippen molar-refractivity contribution in [2.75, 3.05) is 13.2 Å². The standard InChI is InChI=1S/C13H16N2O4S/c1-2-3-8-19-13(16)10-15-20(17,18)12-6-4-11(9-14)5-7-12/h4-7,15H,2-3,8,10H2,1H3. The lowest BCUT2D eigenvalue weighted by molar-refractivity contribution is -0.142. The zero-order valence-corrected chi connectivity index (χ0v) is 11.9. The first-order valence-corrected chi connectivity index (χ1v) is 7.63. The number of hydrogen-bond donors (Lipinski definition) is 1. The van der Waals surface area contributed by atoms with Gasteiger partial charge < -0.3 is 4.74 Å². The number of sulfonamides is 1. The molecule has 0 bridgehead atoms. The third-order valence-corrected chi connectivity index (χ3v) is 3.88. The van der Waals surface area contributed by atoms with Crippen molar-refractivity contribution in [3.05, 3.63) is 29.8 Å². The number of carbonyl (C=O) groups excluding carboxylic acids is 1. The van der Waals surface area contributed by atoms with Crippen molar-refractivity contribution in [1.82, 2.24) is 4.72 Å². The second kappa shape index (κ2) is 7.62. The number of esters is 1. The van der Waals surface area contributed by atoms with E-state index in [4.69, 9.17) is 10.00 Å². The van der Waals surface area contributed by atoms with E-state index in [-0.39, 0.29) is 11.5 Å². The van der Waals surface area contributed by atoms with Crippen LogP contribution in [0.4, 0.5) is 0 Å². The Balaban J connectivity index is 2.57. The summed E-state index contributed by atoms with van der Waals surface area (Å²) in [4.78, 5) is 11.3. The van der Waals surface area contributed by atoms with Crippen LogP contribution in [-0.2, 0) is 19.6 Å². The van der Waals surface area contributed by atoms with Crippen LogP contribution in [0, 0.1) is 11.3 Å². The van der Waals surface area contributed by atoms with E-state index < -0.39 is 22.5 Å². The van der Waals surface area contributed by atoms with Gasteiger partial charge in [0.2, 0.25) is 10.0 Å². The SMILES string of the molecule is CCCCOC(=O)CNS(=O)(=O)c1ccc(C#N)cc1. The Hall–Kier alpha value is -1.91. The van der Waals surface area contributed by atoms with Crippen molar-refractivity contribution in [2.24, 2.45) is 0 Å². The van der Waals surface area contributed by atoms with E-state index in [1.54, 1.807) is 0 Å². The van der Waals surface area contributed by atoms with Crippen LogP contribution in [0.5, 0.6) is 0 Å². The van der Waals surface area contributed by atoms with Crippen molar-refractivity contribution < 1.29 is 17.9 Å². The quantitative estimate of drug-likeness (QED) is 0.602. The van der Waals surface area contributed by atoms with Gasteiger partial charge in [0.15, 0.2) is 0 Å². The highest BCUT2D eigenvalue weighted by atomic mass is 32.2. The molecule has 0 saturated carbocycles. The Bertz CT molecular complexity index is 588. The molecule has 0 aliphatic heterocycles. The fourth-order valence-corrected chi connectivity index (χ4v) is 2.30. The molecule has 0 amide bonds. The highest BCUT2D eigenvalue weighted by Crippen LogP contribution is 2.09. The van der Waals surface area contributed by atoms with Crippen molar-refractivity contribution in [3.63, 3.8) is 0 Å². The molecule has 0 unspecified atom stereocenters. The molecule has 0 aliphatic rings. The van der Waals surface area contributed by atoms with Gasteiger partial charge in [-0.25, -0.2) is 8.42 Å². The van der Waals surface area contributed by atoms with Gasteiger partial charge in [0.1, 0.15) is 6.54 Å². The summed E-state index contributed by atoms with van der Waals surface area (Å²) in [5.41, 5.74) is 0.364. The van der Waals surface area contributed by atoms with E-state index in [0.717, 1.165) is 12.8 Å². The predicted molar refractivity (Wildman–Crippen MR) is 72.2 cm³/mol. The maximum atomic E-state index is 11.9. The number of rotatable bonds is 7. The first-order valence-electron chi connectivity index (χ1n) is 6.15. The molecule has 0 spiro atoms. The van der Waals surface area contributed by atoms with E-state index in [1.807, 2.05) is 13.0 Å². The van der Waals surface area contributed by atoms with Gasteiger partial charge in [-0.3, -0.25) is 4.79 Å². The molecule has 0 atom stereocenters. The first-order chi connectivity index (χ1) is 9.49. The van der Waals surface area contributed by atoms with Crippen molar-refractivity contribution in [2.45, 2.75) is 24.7 Å². The van der Waals surface area contributed by atoms with Crippen molar-refractivity contribution in [1.29, 1.82) is 5.26 Å². The molecule has 0 heterocycles. The summed E-state index contributed by atoms with van der Waals surface area (Å²) in [6.07, 6.45) is 1.64. The summed E-state index contributed by atoms with van der Waals surface area (Å²) in [6.45, 7) is 1.83. The first kappa shape index (κ1) is 16.1. The van der Waals surface area contributed by atoms with Gasteiger partial charge >= 0.3 is 5.97 Å². The number of carbonyl (C=O) groups is 1. The predicted octanol–water partition coefficient (Wildman–Crippen LogP) is 1.18. The van der Waals surface area contributed by atoms with E-state index in [0.29, 0.717) is 5.56 Å². The molecule has 6 nitrogen and oxygen atoms in total. The van der Waals surface area contributed by atoms with Crippen LogP contribution < -0.4 is 4.72 Å². The van der Waals surface area contributed by atoms with Crippen LogP contribution in [0.1, 0.15) is 25.3 Å². The zero-order chi connectivity index (χ0) is 15.0. The number of benzene rings is 1. The maximum absolute atomic E-state index is 11.9. The number of nitrogens with one attached hydrogen (secondary N) is 1. The number of unbranched alkanes of at least 4 members (excludes halogenated alkanes) is 1. The average molecular weight is 296 g/mol. The van der Waals surface area contributed by atoms with Crippen molar-refractivity contribution >= 4 is 16.0 Å². The normalized spacial score (nSPS) is 10.8. The summed E-state index contributed by atoms with van der Waals surface area (Å²) in [7, 11) is -3.77. The van der Waals surface area contributed by atoms with Crippen LogP contribution in [0.3, 0.4) is 0 Å². The largest absolute Gasteiger partial charge is 0.465 e. The van der Waals surface area contributed by atoms with Gasteiger partial charge in [0.05, 0.1) is 23.1 Å². The highest BCUT2D eigenvalue weighted by molar-refractivity contribution is 7.89. The Morgan fingerprint density at radius 3 is 2.55 bits per heavy atom. The molecular weight excluding hydrogens is 280 g/mol. The second-order valence-electron chi connectivity index (χ2n) is 4.03. The average Bonchev–Trinajstić information content (AvgIpc) is 2.45. The Morgan fingerprint density at radius 2 is 2.00 bits per heavy atom. The molecule has 1 N–H and O–H groups in total. The molecule has 0 fully saturated rings. The topological polar surface area (TPSA) is 96.3 Å². The van der Waals surface area contributed by atoms with Crippen LogP contribution in [-0.4, -0.2) is 27.5 Å². The lowest BCUT2D eigenvalue weighted by atomic mass is 10.2. The van der Waals surface area contributed by atoms with E-state index in [9.17, 15) is 13.2 Å². The molecule has 0 saturated heterocycles. The molecule has 1 aromatic carbocycles. The minimum Gasteiger partial charge on any atom is -0.465 e. The summed E-state index contributed by atoms with van der Waals surface area (Å²) in [6, 6.07) is 7.31. The molecule has 1 rings (SSSR count). The van der Waals surface area contributed by atoms with Crippen molar-refractivity contribution in [3.8, 4) is 6.07 Å². The molecule has 1 aromatic rings. The van der Waals surface area contributed by atoms with Gasteiger partial charge in [0, 0.05) is 0 Å². The van der Waals surface area contributed by atoms with Gasteiger partial charge in [-0.05, 0) is 30.7 Å². The van der Waals surface area contributed by atoms with E-state index in [2.05, 4.69) is 4.72 Å². The van der Waals surface area contributed by atoms with Crippen LogP contribution in [0.25, 0.3) is 0 Å². The Labute approximate surface area is 118 Å². The molecule has 20 heavy (non-hydrogen) atoms. The van der Waals surface area contributed by atoms with E-state index >= 15 is 0 Å². The number of nitrogens with zero attached hydrogens (tertiary/aromatic N) is 1. The summed E-state index contributed by atoms with van der Waals surface area (Å²) >= 11 is 0. The summed E-state index contributed by atoms with van der Waals surface area (Å²) in [5, 5.41) is 8.63. The number of ether oxygens (including phenoxy) is 1. The summed E-state index contributed by atoms with van der Waals surface area (Å²) in [5.74, 6) is -0.615. The lowest BCUT2D eigenvalue weighted by Crippen LogP contribution is -2.30. The van der Waals surface area contributed by atoms with Gasteiger partial charge in [-0.1, -0.05) is 13.3 Å². The third kappa shape index (κ3) is 4.99. The summed E-state index contributed by atoms with van der Waals surface area (Å²) < 4.78 is 30.7. The molecule has 0 aliphatic carbocycles. The second-order valence-corrected chi connectivity index (χ2v) is 5.80. The number of nitriles is 1. The molecule has 108 valence electrons. The fourth-order valence-electron chi connectivity index (χ4n) is 1.33. The van der Waals surface area contributed by atoms with Crippen LogP contribution in [0.15, 0.2) is 29.2 Å². The Morgan fingerprint density at radius 1 is 1.35 bits per heavy atom. The zero-order valence-electron chi connectivity index (χ0n) is 11.1.